The zero-order valence-electron chi connectivity index (χ0n) is 20.9. The molecule has 0 aliphatic heterocycles. The maximum Gasteiger partial charge on any atom is 0.277 e. The number of hydrogen-bond donors (Lipinski definition) is 1. The molecule has 0 aromatic heterocycles. The molecule has 0 fully saturated rings. The van der Waals surface area contributed by atoms with E-state index in [9.17, 15) is 4.79 Å². The Morgan fingerprint density at radius 3 is 2.03 bits per heavy atom. The number of benzene rings is 4. The van der Waals surface area contributed by atoms with E-state index in [0.717, 1.165) is 33.9 Å². The molecule has 0 bridgehead atoms. The van der Waals surface area contributed by atoms with Gasteiger partial charge in [0, 0.05) is 17.1 Å². The van der Waals surface area contributed by atoms with Crippen molar-refractivity contribution in [2.45, 2.75) is 26.7 Å². The largest absolute Gasteiger partial charge is 0.483 e. The van der Waals surface area contributed by atoms with Crippen molar-refractivity contribution >= 4 is 29.2 Å². The summed E-state index contributed by atoms with van der Waals surface area (Å²) in [6, 6.07) is 34.5. The summed E-state index contributed by atoms with van der Waals surface area (Å²) < 4.78 is 5.75. The van der Waals surface area contributed by atoms with Crippen LogP contribution in [0.4, 0.5) is 17.1 Å². The van der Waals surface area contributed by atoms with Crippen molar-refractivity contribution in [3.8, 4) is 5.75 Å². The Morgan fingerprint density at radius 2 is 1.44 bits per heavy atom. The van der Waals surface area contributed by atoms with Gasteiger partial charge in [0.1, 0.15) is 5.75 Å². The lowest BCUT2D eigenvalue weighted by atomic mass is 10.00. The SMILES string of the molecule is Cc1ccc(OCC(=O)NN=Cc2ccc(N(c3ccccc3)c3ccccc3)cc2)c(C(C)C)c1. The number of aryl methyl sites for hydroxylation is 1. The molecule has 0 spiro atoms. The Kier molecular flexibility index (Phi) is 8.14. The number of amides is 1. The maximum absolute atomic E-state index is 12.3. The third-order valence-corrected chi connectivity index (χ3v) is 5.73. The Bertz CT molecular complexity index is 1260. The molecule has 0 aliphatic rings. The molecular formula is C31H31N3O2. The van der Waals surface area contributed by atoms with E-state index in [1.807, 2.05) is 79.7 Å². The van der Waals surface area contributed by atoms with E-state index in [4.69, 9.17) is 4.74 Å². The van der Waals surface area contributed by atoms with Gasteiger partial charge >= 0.3 is 0 Å². The molecule has 0 aliphatic carbocycles. The van der Waals surface area contributed by atoms with Crippen molar-refractivity contribution in [1.29, 1.82) is 0 Å². The van der Waals surface area contributed by atoms with Crippen LogP contribution in [-0.2, 0) is 4.79 Å². The van der Waals surface area contributed by atoms with Crippen molar-refractivity contribution in [2.75, 3.05) is 11.5 Å². The van der Waals surface area contributed by atoms with Gasteiger partial charge < -0.3 is 9.64 Å². The van der Waals surface area contributed by atoms with Gasteiger partial charge in [-0.15, -0.1) is 0 Å². The lowest BCUT2D eigenvalue weighted by Gasteiger charge is -2.25. The van der Waals surface area contributed by atoms with Crippen LogP contribution in [0.25, 0.3) is 0 Å². The van der Waals surface area contributed by atoms with E-state index < -0.39 is 0 Å². The molecule has 0 radical (unpaired) electrons. The standard InChI is InChI=1S/C31H31N3O2/c1-23(2)29-20-24(3)14-19-30(29)36-22-31(35)33-32-21-25-15-17-28(18-16-25)34(26-10-6-4-7-11-26)27-12-8-5-9-13-27/h4-21,23H,22H2,1-3H3,(H,33,35). The van der Waals surface area contributed by atoms with Gasteiger partial charge in [0.05, 0.1) is 6.21 Å². The van der Waals surface area contributed by atoms with Crippen LogP contribution in [0.1, 0.15) is 36.5 Å². The van der Waals surface area contributed by atoms with Gasteiger partial charge in [-0.25, -0.2) is 5.43 Å². The number of para-hydroxylation sites is 2. The van der Waals surface area contributed by atoms with Gasteiger partial charge in [0.15, 0.2) is 6.61 Å². The molecule has 0 saturated carbocycles. The highest BCUT2D eigenvalue weighted by Gasteiger charge is 2.12. The number of nitrogens with zero attached hydrogens (tertiary/aromatic N) is 2. The van der Waals surface area contributed by atoms with Crippen molar-refractivity contribution < 1.29 is 9.53 Å². The van der Waals surface area contributed by atoms with Gasteiger partial charge in [-0.05, 0) is 66.4 Å². The molecule has 36 heavy (non-hydrogen) atoms. The van der Waals surface area contributed by atoms with E-state index in [1.165, 1.54) is 5.56 Å². The second-order valence-corrected chi connectivity index (χ2v) is 8.88. The van der Waals surface area contributed by atoms with E-state index in [1.54, 1.807) is 6.21 Å². The van der Waals surface area contributed by atoms with Crippen LogP contribution in [0.2, 0.25) is 0 Å². The van der Waals surface area contributed by atoms with Crippen LogP contribution in [-0.4, -0.2) is 18.7 Å². The van der Waals surface area contributed by atoms with Crippen LogP contribution >= 0.6 is 0 Å². The minimum absolute atomic E-state index is 0.0951. The molecule has 4 rings (SSSR count). The fourth-order valence-electron chi connectivity index (χ4n) is 3.92. The highest BCUT2D eigenvalue weighted by molar-refractivity contribution is 5.84. The number of carbonyl (C=O) groups excluding carboxylic acids is 1. The molecular weight excluding hydrogens is 446 g/mol. The molecule has 4 aromatic rings. The molecule has 1 N–H and O–H groups in total. The minimum Gasteiger partial charge on any atom is -0.483 e. The molecule has 0 heterocycles. The second kappa shape index (κ2) is 11.8. The average Bonchev–Trinajstić information content (AvgIpc) is 2.90. The monoisotopic (exact) mass is 477 g/mol. The first-order valence-corrected chi connectivity index (χ1v) is 12.1. The molecule has 0 unspecified atom stereocenters. The van der Waals surface area contributed by atoms with Crippen LogP contribution in [0, 0.1) is 6.92 Å². The van der Waals surface area contributed by atoms with Gasteiger partial charge in [-0.3, -0.25) is 4.79 Å². The summed E-state index contributed by atoms with van der Waals surface area (Å²) in [4.78, 5) is 14.4. The van der Waals surface area contributed by atoms with Crippen LogP contribution in [0.5, 0.6) is 5.75 Å². The van der Waals surface area contributed by atoms with Crippen LogP contribution in [0.15, 0.2) is 108 Å². The van der Waals surface area contributed by atoms with Crippen molar-refractivity contribution in [1.82, 2.24) is 5.43 Å². The van der Waals surface area contributed by atoms with E-state index in [0.29, 0.717) is 5.92 Å². The number of hydrazone groups is 1. The Balaban J connectivity index is 1.39. The maximum atomic E-state index is 12.3. The average molecular weight is 478 g/mol. The zero-order valence-corrected chi connectivity index (χ0v) is 20.9. The summed E-state index contributed by atoms with van der Waals surface area (Å²) in [5, 5.41) is 4.10. The van der Waals surface area contributed by atoms with Gasteiger partial charge in [0.25, 0.3) is 5.91 Å². The zero-order chi connectivity index (χ0) is 25.3. The summed E-state index contributed by atoms with van der Waals surface area (Å²) >= 11 is 0. The molecule has 0 saturated heterocycles. The normalized spacial score (nSPS) is 11.0. The van der Waals surface area contributed by atoms with Crippen LogP contribution in [0.3, 0.4) is 0 Å². The Morgan fingerprint density at radius 1 is 0.861 bits per heavy atom. The Hall–Kier alpha value is -4.38. The number of anilines is 3. The lowest BCUT2D eigenvalue weighted by molar-refractivity contribution is -0.123. The van der Waals surface area contributed by atoms with Gasteiger partial charge in [-0.1, -0.05) is 80.1 Å². The summed E-state index contributed by atoms with van der Waals surface area (Å²) in [5.74, 6) is 0.729. The number of nitrogens with one attached hydrogen (secondary N) is 1. The topological polar surface area (TPSA) is 53.9 Å². The van der Waals surface area contributed by atoms with Crippen molar-refractivity contribution in [3.63, 3.8) is 0 Å². The molecule has 5 heteroatoms. The number of rotatable bonds is 9. The predicted molar refractivity (Wildman–Crippen MR) is 148 cm³/mol. The second-order valence-electron chi connectivity index (χ2n) is 8.88. The van der Waals surface area contributed by atoms with Crippen molar-refractivity contribution in [2.24, 2.45) is 5.10 Å². The van der Waals surface area contributed by atoms with Gasteiger partial charge in [0.2, 0.25) is 0 Å². The predicted octanol–water partition coefficient (Wildman–Crippen LogP) is 7.12. The van der Waals surface area contributed by atoms with Crippen LogP contribution < -0.4 is 15.1 Å². The molecule has 5 nitrogen and oxygen atoms in total. The highest BCUT2D eigenvalue weighted by atomic mass is 16.5. The first-order chi connectivity index (χ1) is 17.5. The first kappa shape index (κ1) is 24.7. The fraction of sp³-hybridized carbons (Fsp3) is 0.161. The molecule has 0 atom stereocenters. The first-order valence-electron chi connectivity index (χ1n) is 12.1. The van der Waals surface area contributed by atoms with E-state index in [-0.39, 0.29) is 12.5 Å². The smallest absolute Gasteiger partial charge is 0.277 e. The summed E-state index contributed by atoms with van der Waals surface area (Å²) in [7, 11) is 0. The molecule has 4 aromatic carbocycles. The number of ether oxygens (including phenoxy) is 1. The van der Waals surface area contributed by atoms with E-state index >= 15 is 0 Å². The fourth-order valence-corrected chi connectivity index (χ4v) is 3.92. The summed E-state index contributed by atoms with van der Waals surface area (Å²) in [5.41, 5.74) is 8.86. The number of carbonyl (C=O) groups is 1. The Labute approximate surface area is 213 Å². The lowest BCUT2D eigenvalue weighted by Crippen LogP contribution is -2.25. The minimum atomic E-state index is -0.308. The van der Waals surface area contributed by atoms with Gasteiger partial charge in [-0.2, -0.15) is 5.10 Å². The quantitative estimate of drug-likeness (QED) is 0.206. The summed E-state index contributed by atoms with van der Waals surface area (Å²) in [6.45, 7) is 6.17. The highest BCUT2D eigenvalue weighted by Crippen LogP contribution is 2.34. The number of hydrogen-bond acceptors (Lipinski definition) is 4. The van der Waals surface area contributed by atoms with Crippen molar-refractivity contribution in [3.05, 3.63) is 120 Å². The van der Waals surface area contributed by atoms with E-state index in [2.05, 4.69) is 59.6 Å². The molecule has 1 amide bonds. The molecule has 182 valence electrons. The third kappa shape index (κ3) is 6.39. The summed E-state index contributed by atoms with van der Waals surface area (Å²) in [6.07, 6.45) is 1.63. The third-order valence-electron chi connectivity index (χ3n) is 5.73.